The highest BCUT2D eigenvalue weighted by molar-refractivity contribution is 5.75. The van der Waals surface area contributed by atoms with Crippen LogP contribution in [0.3, 0.4) is 0 Å². The molecule has 0 spiro atoms. The van der Waals surface area contributed by atoms with E-state index in [2.05, 4.69) is 13.8 Å². The second-order valence-electron chi connectivity index (χ2n) is 5.05. The van der Waals surface area contributed by atoms with Crippen LogP contribution in [0.15, 0.2) is 0 Å². The Balaban J connectivity index is 1.92. The van der Waals surface area contributed by atoms with Gasteiger partial charge in [-0.3, -0.25) is 0 Å². The fraction of sp³-hybridized carbons (Fsp3) is 0.917. The Kier molecular flexibility index (Phi) is 3.69. The van der Waals surface area contributed by atoms with Crippen LogP contribution in [-0.4, -0.2) is 54.7 Å². The summed E-state index contributed by atoms with van der Waals surface area (Å²) in [5.74, 6) is 0.753. The summed E-state index contributed by atoms with van der Waals surface area (Å²) in [6.07, 6.45) is 2.27. The van der Waals surface area contributed by atoms with Crippen molar-refractivity contribution in [1.82, 2.24) is 9.80 Å². The molecule has 4 nitrogen and oxygen atoms in total. The summed E-state index contributed by atoms with van der Waals surface area (Å²) in [5, 5.41) is 0. The van der Waals surface area contributed by atoms with Gasteiger partial charge in [-0.15, -0.1) is 0 Å². The third-order valence-electron chi connectivity index (χ3n) is 3.67. The van der Waals surface area contributed by atoms with Crippen molar-refractivity contribution in [2.24, 2.45) is 5.92 Å². The number of nitrogens with zero attached hydrogens (tertiary/aromatic N) is 2. The first-order valence-electron chi connectivity index (χ1n) is 6.32. The monoisotopic (exact) mass is 226 g/mol. The standard InChI is InChI=1S/C12H22N2O2/c1-10-3-4-14(11(2)9-10)12(15)13-5-7-16-8-6-13/h10-11H,3-9H2,1-2H3. The zero-order valence-corrected chi connectivity index (χ0v) is 10.3. The molecule has 0 aliphatic carbocycles. The normalized spacial score (nSPS) is 31.6. The van der Waals surface area contributed by atoms with Crippen molar-refractivity contribution < 1.29 is 9.53 Å². The van der Waals surface area contributed by atoms with Crippen molar-refractivity contribution >= 4 is 6.03 Å². The van der Waals surface area contributed by atoms with E-state index in [1.807, 2.05) is 9.80 Å². The summed E-state index contributed by atoms with van der Waals surface area (Å²) >= 11 is 0. The van der Waals surface area contributed by atoms with Gasteiger partial charge in [0.2, 0.25) is 0 Å². The largest absolute Gasteiger partial charge is 0.378 e. The fourth-order valence-corrected chi connectivity index (χ4v) is 2.63. The molecule has 2 rings (SSSR count). The highest BCUT2D eigenvalue weighted by atomic mass is 16.5. The van der Waals surface area contributed by atoms with Crippen molar-refractivity contribution in [3.05, 3.63) is 0 Å². The zero-order chi connectivity index (χ0) is 11.5. The maximum Gasteiger partial charge on any atom is 0.320 e. The first-order chi connectivity index (χ1) is 7.68. The lowest BCUT2D eigenvalue weighted by Gasteiger charge is -2.40. The molecule has 0 N–H and O–H groups in total. The topological polar surface area (TPSA) is 32.8 Å². The lowest BCUT2D eigenvalue weighted by atomic mass is 9.94. The summed E-state index contributed by atoms with van der Waals surface area (Å²) in [7, 11) is 0. The summed E-state index contributed by atoms with van der Waals surface area (Å²) in [4.78, 5) is 16.2. The van der Waals surface area contributed by atoms with Crippen molar-refractivity contribution in [2.45, 2.75) is 32.7 Å². The zero-order valence-electron chi connectivity index (χ0n) is 10.3. The van der Waals surface area contributed by atoms with Gasteiger partial charge in [-0.25, -0.2) is 4.79 Å². The SMILES string of the molecule is CC1CCN(C(=O)N2CCOCC2)C(C)C1. The van der Waals surface area contributed by atoms with E-state index in [9.17, 15) is 4.79 Å². The van der Waals surface area contributed by atoms with E-state index in [0.29, 0.717) is 19.3 Å². The number of hydrogen-bond donors (Lipinski definition) is 0. The molecule has 0 aromatic heterocycles. The van der Waals surface area contributed by atoms with Gasteiger partial charge in [0.25, 0.3) is 0 Å². The highest BCUT2D eigenvalue weighted by Gasteiger charge is 2.30. The lowest BCUT2D eigenvalue weighted by molar-refractivity contribution is 0.0343. The van der Waals surface area contributed by atoms with Crippen LogP contribution in [0, 0.1) is 5.92 Å². The molecule has 2 aliphatic heterocycles. The van der Waals surface area contributed by atoms with Gasteiger partial charge in [0.1, 0.15) is 0 Å². The molecule has 92 valence electrons. The van der Waals surface area contributed by atoms with E-state index in [1.165, 1.54) is 0 Å². The number of ether oxygens (including phenoxy) is 1. The summed E-state index contributed by atoms with van der Waals surface area (Å²) < 4.78 is 5.27. The van der Waals surface area contributed by atoms with Crippen molar-refractivity contribution in [3.63, 3.8) is 0 Å². The molecule has 0 bridgehead atoms. The van der Waals surface area contributed by atoms with Gasteiger partial charge in [0.15, 0.2) is 0 Å². The molecule has 0 aromatic rings. The third kappa shape index (κ3) is 2.48. The van der Waals surface area contributed by atoms with Crippen molar-refractivity contribution in [3.8, 4) is 0 Å². The number of urea groups is 1. The maximum absolute atomic E-state index is 12.3. The first-order valence-corrected chi connectivity index (χ1v) is 6.32. The molecule has 2 aliphatic rings. The molecule has 4 heteroatoms. The number of likely N-dealkylation sites (tertiary alicyclic amines) is 1. The number of amides is 2. The van der Waals surface area contributed by atoms with Crippen LogP contribution < -0.4 is 0 Å². The maximum atomic E-state index is 12.3. The van der Waals surface area contributed by atoms with E-state index in [1.54, 1.807) is 0 Å². The average molecular weight is 226 g/mol. The average Bonchev–Trinajstić information content (AvgIpc) is 2.29. The Morgan fingerprint density at radius 1 is 1.19 bits per heavy atom. The van der Waals surface area contributed by atoms with Gasteiger partial charge in [-0.1, -0.05) is 6.92 Å². The third-order valence-corrected chi connectivity index (χ3v) is 3.67. The second-order valence-corrected chi connectivity index (χ2v) is 5.05. The van der Waals surface area contributed by atoms with E-state index < -0.39 is 0 Å². The van der Waals surface area contributed by atoms with Crippen LogP contribution in [0.5, 0.6) is 0 Å². The Morgan fingerprint density at radius 3 is 2.50 bits per heavy atom. The quantitative estimate of drug-likeness (QED) is 0.628. The number of carbonyl (C=O) groups excluding carboxylic acids is 1. The van der Waals surface area contributed by atoms with Gasteiger partial charge >= 0.3 is 6.03 Å². The molecular formula is C12H22N2O2. The molecule has 2 fully saturated rings. The molecule has 0 saturated carbocycles. The predicted molar refractivity (Wildman–Crippen MR) is 62.4 cm³/mol. The minimum atomic E-state index is 0.211. The van der Waals surface area contributed by atoms with Crippen LogP contribution in [-0.2, 0) is 4.74 Å². The molecule has 2 saturated heterocycles. The molecule has 2 heterocycles. The number of hydrogen-bond acceptors (Lipinski definition) is 2. The molecule has 2 atom stereocenters. The van der Waals surface area contributed by atoms with Gasteiger partial charge in [0, 0.05) is 25.7 Å². The highest BCUT2D eigenvalue weighted by Crippen LogP contribution is 2.23. The van der Waals surface area contributed by atoms with Gasteiger partial charge < -0.3 is 14.5 Å². The lowest BCUT2D eigenvalue weighted by Crippen LogP contribution is -2.53. The smallest absolute Gasteiger partial charge is 0.320 e. The van der Waals surface area contributed by atoms with Gasteiger partial charge in [0.05, 0.1) is 13.2 Å². The molecule has 16 heavy (non-hydrogen) atoms. The molecule has 2 amide bonds. The number of rotatable bonds is 0. The molecule has 2 unspecified atom stereocenters. The number of morpholine rings is 1. The van der Waals surface area contributed by atoms with Crippen molar-refractivity contribution in [1.29, 1.82) is 0 Å². The molecule has 0 radical (unpaired) electrons. The molecule has 0 aromatic carbocycles. The first kappa shape index (κ1) is 11.7. The van der Waals surface area contributed by atoms with Crippen LogP contribution in [0.2, 0.25) is 0 Å². The summed E-state index contributed by atoms with van der Waals surface area (Å²) in [5.41, 5.74) is 0. The van der Waals surface area contributed by atoms with E-state index in [4.69, 9.17) is 4.74 Å². The minimum Gasteiger partial charge on any atom is -0.378 e. The number of piperidine rings is 1. The van der Waals surface area contributed by atoms with Crippen LogP contribution in [0.25, 0.3) is 0 Å². The summed E-state index contributed by atoms with van der Waals surface area (Å²) in [6.45, 7) is 8.21. The van der Waals surface area contributed by atoms with E-state index in [0.717, 1.165) is 38.4 Å². The van der Waals surface area contributed by atoms with Gasteiger partial charge in [-0.2, -0.15) is 0 Å². The fourth-order valence-electron chi connectivity index (χ4n) is 2.63. The Morgan fingerprint density at radius 2 is 1.88 bits per heavy atom. The van der Waals surface area contributed by atoms with Gasteiger partial charge in [-0.05, 0) is 25.7 Å². The minimum absolute atomic E-state index is 0.211. The number of carbonyl (C=O) groups is 1. The van der Waals surface area contributed by atoms with E-state index >= 15 is 0 Å². The summed E-state index contributed by atoms with van der Waals surface area (Å²) in [6, 6.07) is 0.599. The Hall–Kier alpha value is -0.770. The Labute approximate surface area is 97.5 Å². The predicted octanol–water partition coefficient (Wildman–Crippen LogP) is 1.56. The van der Waals surface area contributed by atoms with Crippen LogP contribution in [0.1, 0.15) is 26.7 Å². The second kappa shape index (κ2) is 5.04. The van der Waals surface area contributed by atoms with Crippen LogP contribution in [0.4, 0.5) is 4.79 Å². The Bertz CT molecular complexity index is 251. The van der Waals surface area contributed by atoms with Crippen molar-refractivity contribution in [2.75, 3.05) is 32.8 Å². The molecular weight excluding hydrogens is 204 g/mol. The van der Waals surface area contributed by atoms with E-state index in [-0.39, 0.29) is 6.03 Å². The van der Waals surface area contributed by atoms with Crippen LogP contribution >= 0.6 is 0 Å².